The molecule has 0 aliphatic carbocycles. The molecule has 1 aromatic heterocycles. The number of hydrogen-bond acceptors (Lipinski definition) is 4. The van der Waals surface area contributed by atoms with Crippen LogP contribution in [0.5, 0.6) is 0 Å². The van der Waals surface area contributed by atoms with Gasteiger partial charge in [-0.1, -0.05) is 48.5 Å². The van der Waals surface area contributed by atoms with E-state index in [0.29, 0.717) is 0 Å². The van der Waals surface area contributed by atoms with Gasteiger partial charge in [0.25, 0.3) is 0 Å². The number of hydrogen-bond donors (Lipinski definition) is 1. The third-order valence-electron chi connectivity index (χ3n) is 4.89. The van der Waals surface area contributed by atoms with Crippen LogP contribution in [0.15, 0.2) is 66.9 Å². The van der Waals surface area contributed by atoms with Crippen LogP contribution in [-0.2, 0) is 11.3 Å². The van der Waals surface area contributed by atoms with Crippen molar-refractivity contribution in [3.63, 3.8) is 0 Å². The summed E-state index contributed by atoms with van der Waals surface area (Å²) < 4.78 is 7.81. The SMILES string of the molecule is CN1CCOC(CNCc2cn(-c3ccccc3)nc2-c2ccccc2)C1. The van der Waals surface area contributed by atoms with E-state index >= 15 is 0 Å². The second-order valence-electron chi connectivity index (χ2n) is 7.04. The summed E-state index contributed by atoms with van der Waals surface area (Å²) in [5, 5.41) is 8.43. The number of nitrogens with one attached hydrogen (secondary N) is 1. The van der Waals surface area contributed by atoms with Crippen molar-refractivity contribution in [3.05, 3.63) is 72.4 Å². The number of aromatic nitrogens is 2. The molecule has 2 aromatic carbocycles. The van der Waals surface area contributed by atoms with Crippen molar-refractivity contribution in [1.29, 1.82) is 0 Å². The molecule has 0 spiro atoms. The monoisotopic (exact) mass is 362 g/mol. The van der Waals surface area contributed by atoms with Gasteiger partial charge in [-0.25, -0.2) is 4.68 Å². The Morgan fingerprint density at radius 3 is 2.56 bits per heavy atom. The van der Waals surface area contributed by atoms with Gasteiger partial charge in [0.15, 0.2) is 0 Å². The van der Waals surface area contributed by atoms with Gasteiger partial charge < -0.3 is 15.0 Å². The topological polar surface area (TPSA) is 42.3 Å². The Morgan fingerprint density at radius 1 is 1.07 bits per heavy atom. The maximum Gasteiger partial charge on any atom is 0.0972 e. The Balaban J connectivity index is 1.52. The third kappa shape index (κ3) is 4.45. The molecule has 3 aromatic rings. The van der Waals surface area contributed by atoms with Gasteiger partial charge in [0.1, 0.15) is 0 Å². The molecule has 1 N–H and O–H groups in total. The van der Waals surface area contributed by atoms with E-state index in [1.54, 1.807) is 0 Å². The molecule has 5 heteroatoms. The van der Waals surface area contributed by atoms with E-state index in [0.717, 1.165) is 49.7 Å². The lowest BCUT2D eigenvalue weighted by Gasteiger charge is -2.30. The van der Waals surface area contributed by atoms with Gasteiger partial charge in [-0.15, -0.1) is 0 Å². The molecule has 1 saturated heterocycles. The first kappa shape index (κ1) is 17.9. The molecule has 1 aliphatic heterocycles. The molecular formula is C22H26N4O. The molecule has 0 saturated carbocycles. The molecular weight excluding hydrogens is 336 g/mol. The van der Waals surface area contributed by atoms with Gasteiger partial charge in [0, 0.05) is 43.5 Å². The first-order chi connectivity index (χ1) is 13.3. The van der Waals surface area contributed by atoms with Crippen LogP contribution in [0.1, 0.15) is 5.56 Å². The first-order valence-corrected chi connectivity index (χ1v) is 9.50. The average molecular weight is 362 g/mol. The zero-order valence-corrected chi connectivity index (χ0v) is 15.7. The molecule has 1 fully saturated rings. The quantitative estimate of drug-likeness (QED) is 0.732. The zero-order valence-electron chi connectivity index (χ0n) is 15.7. The summed E-state index contributed by atoms with van der Waals surface area (Å²) in [4.78, 5) is 2.32. The summed E-state index contributed by atoms with van der Waals surface area (Å²) in [5.41, 5.74) is 4.42. The molecule has 1 atom stereocenters. The molecule has 0 amide bonds. The van der Waals surface area contributed by atoms with Crippen LogP contribution in [0, 0.1) is 0 Å². The smallest absolute Gasteiger partial charge is 0.0972 e. The Bertz CT molecular complexity index is 847. The summed E-state index contributed by atoms with van der Waals surface area (Å²) in [6, 6.07) is 20.6. The minimum Gasteiger partial charge on any atom is -0.374 e. The predicted octanol–water partition coefficient (Wildman–Crippen LogP) is 2.96. The third-order valence-corrected chi connectivity index (χ3v) is 4.89. The summed E-state index contributed by atoms with van der Waals surface area (Å²) in [5.74, 6) is 0. The number of nitrogens with zero attached hydrogens (tertiary/aromatic N) is 3. The van der Waals surface area contributed by atoms with E-state index in [4.69, 9.17) is 9.84 Å². The van der Waals surface area contributed by atoms with E-state index in [-0.39, 0.29) is 6.10 Å². The van der Waals surface area contributed by atoms with Crippen LogP contribution in [-0.4, -0.2) is 54.1 Å². The van der Waals surface area contributed by atoms with Crippen LogP contribution in [0.4, 0.5) is 0 Å². The predicted molar refractivity (Wildman–Crippen MR) is 108 cm³/mol. The van der Waals surface area contributed by atoms with Crippen molar-refractivity contribution in [1.82, 2.24) is 20.0 Å². The molecule has 140 valence electrons. The molecule has 2 heterocycles. The van der Waals surface area contributed by atoms with Crippen LogP contribution in [0.25, 0.3) is 16.9 Å². The second kappa shape index (κ2) is 8.48. The highest BCUT2D eigenvalue weighted by Crippen LogP contribution is 2.23. The molecule has 27 heavy (non-hydrogen) atoms. The summed E-state index contributed by atoms with van der Waals surface area (Å²) in [6.45, 7) is 4.40. The largest absolute Gasteiger partial charge is 0.374 e. The number of rotatable bonds is 6. The molecule has 4 rings (SSSR count). The van der Waals surface area contributed by atoms with Crippen LogP contribution in [0.2, 0.25) is 0 Å². The number of morpholine rings is 1. The van der Waals surface area contributed by atoms with Crippen LogP contribution < -0.4 is 5.32 Å². The van der Waals surface area contributed by atoms with Crippen molar-refractivity contribution in [3.8, 4) is 16.9 Å². The van der Waals surface area contributed by atoms with Gasteiger partial charge in [0.2, 0.25) is 0 Å². The van der Waals surface area contributed by atoms with E-state index in [1.807, 2.05) is 28.9 Å². The highest BCUT2D eigenvalue weighted by atomic mass is 16.5. The molecule has 0 radical (unpaired) electrons. The minimum atomic E-state index is 0.244. The van der Waals surface area contributed by atoms with Crippen molar-refractivity contribution in [2.24, 2.45) is 0 Å². The van der Waals surface area contributed by atoms with E-state index in [9.17, 15) is 0 Å². The minimum absolute atomic E-state index is 0.244. The van der Waals surface area contributed by atoms with Crippen LogP contribution in [0.3, 0.4) is 0 Å². The number of para-hydroxylation sites is 1. The highest BCUT2D eigenvalue weighted by molar-refractivity contribution is 5.63. The number of benzene rings is 2. The van der Waals surface area contributed by atoms with E-state index in [2.05, 4.69) is 59.9 Å². The summed E-state index contributed by atoms with van der Waals surface area (Å²) >= 11 is 0. The van der Waals surface area contributed by atoms with Crippen molar-refractivity contribution >= 4 is 0 Å². The highest BCUT2D eigenvalue weighted by Gasteiger charge is 2.18. The normalized spacial score (nSPS) is 17.9. The second-order valence-corrected chi connectivity index (χ2v) is 7.04. The van der Waals surface area contributed by atoms with Crippen molar-refractivity contribution < 1.29 is 4.74 Å². The van der Waals surface area contributed by atoms with Gasteiger partial charge in [-0.2, -0.15) is 5.10 Å². The fraction of sp³-hybridized carbons (Fsp3) is 0.318. The Kier molecular flexibility index (Phi) is 5.63. The number of likely N-dealkylation sites (N-methyl/N-ethyl adjacent to an activating group) is 1. The fourth-order valence-corrected chi connectivity index (χ4v) is 3.45. The lowest BCUT2D eigenvalue weighted by molar-refractivity contribution is -0.0182. The first-order valence-electron chi connectivity index (χ1n) is 9.50. The maximum absolute atomic E-state index is 5.85. The Labute approximate surface area is 160 Å². The standard InChI is InChI=1S/C22H26N4O/c1-25-12-13-27-21(17-25)15-23-14-19-16-26(20-10-6-3-7-11-20)24-22(19)18-8-4-2-5-9-18/h2-11,16,21,23H,12-15,17H2,1H3. The average Bonchev–Trinajstić information content (AvgIpc) is 3.14. The Morgan fingerprint density at radius 2 is 1.81 bits per heavy atom. The van der Waals surface area contributed by atoms with Crippen molar-refractivity contribution in [2.75, 3.05) is 33.3 Å². The van der Waals surface area contributed by atoms with Gasteiger partial charge in [0.05, 0.1) is 24.1 Å². The maximum atomic E-state index is 5.85. The van der Waals surface area contributed by atoms with Gasteiger partial charge in [-0.05, 0) is 19.2 Å². The van der Waals surface area contributed by atoms with Crippen LogP contribution >= 0.6 is 0 Å². The van der Waals surface area contributed by atoms with E-state index < -0.39 is 0 Å². The van der Waals surface area contributed by atoms with Crippen molar-refractivity contribution in [2.45, 2.75) is 12.6 Å². The lowest BCUT2D eigenvalue weighted by atomic mass is 10.1. The van der Waals surface area contributed by atoms with Gasteiger partial charge in [-0.3, -0.25) is 0 Å². The zero-order chi connectivity index (χ0) is 18.5. The molecule has 1 aliphatic rings. The van der Waals surface area contributed by atoms with Gasteiger partial charge >= 0.3 is 0 Å². The van der Waals surface area contributed by atoms with E-state index in [1.165, 1.54) is 5.56 Å². The summed E-state index contributed by atoms with van der Waals surface area (Å²) in [6.07, 6.45) is 2.37. The number of ether oxygens (including phenoxy) is 1. The molecule has 1 unspecified atom stereocenters. The lowest BCUT2D eigenvalue weighted by Crippen LogP contribution is -2.44. The molecule has 0 bridgehead atoms. The fourth-order valence-electron chi connectivity index (χ4n) is 3.45. The Hall–Kier alpha value is -2.47. The molecule has 5 nitrogen and oxygen atoms in total. The summed E-state index contributed by atoms with van der Waals surface area (Å²) in [7, 11) is 2.15.